The number of esters is 1. The molecule has 1 heterocycles. The van der Waals surface area contributed by atoms with Crippen molar-refractivity contribution in [2.24, 2.45) is 0 Å². The Balaban J connectivity index is 1.93. The summed E-state index contributed by atoms with van der Waals surface area (Å²) >= 11 is 0. The van der Waals surface area contributed by atoms with E-state index in [1.54, 1.807) is 29.2 Å². The molecule has 1 aliphatic heterocycles. The summed E-state index contributed by atoms with van der Waals surface area (Å²) in [5.74, 6) is -0.473. The average molecular weight is 320 g/mol. The lowest BCUT2D eigenvalue weighted by Gasteiger charge is -2.28. The molecule has 1 amide bonds. The first-order chi connectivity index (χ1) is 10.8. The van der Waals surface area contributed by atoms with Crippen LogP contribution < -0.4 is 5.73 Å². The van der Waals surface area contributed by atoms with Gasteiger partial charge in [-0.2, -0.15) is 0 Å². The third-order valence-electron chi connectivity index (χ3n) is 3.59. The second-order valence-electron chi connectivity index (χ2n) is 6.66. The van der Waals surface area contributed by atoms with E-state index in [1.165, 1.54) is 0 Å². The number of para-hydroxylation sites is 1. The fraction of sp³-hybridized carbons (Fsp3) is 0.529. The Kier molecular flexibility index (Phi) is 5.13. The van der Waals surface area contributed by atoms with Crippen molar-refractivity contribution in [2.75, 3.05) is 18.9 Å². The van der Waals surface area contributed by atoms with Crippen molar-refractivity contribution in [1.29, 1.82) is 0 Å². The van der Waals surface area contributed by atoms with E-state index in [4.69, 9.17) is 15.2 Å². The minimum absolute atomic E-state index is 0.145. The van der Waals surface area contributed by atoms with Crippen LogP contribution in [0.15, 0.2) is 24.3 Å². The van der Waals surface area contributed by atoms with Crippen LogP contribution in [0.4, 0.5) is 10.5 Å². The van der Waals surface area contributed by atoms with E-state index in [9.17, 15) is 9.59 Å². The first kappa shape index (κ1) is 17.1. The maximum absolute atomic E-state index is 12.2. The highest BCUT2D eigenvalue weighted by Gasteiger charge is 2.33. The van der Waals surface area contributed by atoms with Gasteiger partial charge in [-0.1, -0.05) is 12.1 Å². The molecule has 23 heavy (non-hydrogen) atoms. The van der Waals surface area contributed by atoms with Crippen LogP contribution in [0.2, 0.25) is 0 Å². The summed E-state index contributed by atoms with van der Waals surface area (Å²) in [7, 11) is 0. The van der Waals surface area contributed by atoms with Gasteiger partial charge in [-0.05, 0) is 45.7 Å². The minimum atomic E-state index is -0.542. The summed E-state index contributed by atoms with van der Waals surface area (Å²) in [6.07, 6.45) is 1.29. The fourth-order valence-corrected chi connectivity index (χ4v) is 2.50. The van der Waals surface area contributed by atoms with E-state index in [-0.39, 0.29) is 18.7 Å². The minimum Gasteiger partial charge on any atom is -0.460 e. The van der Waals surface area contributed by atoms with E-state index < -0.39 is 11.6 Å². The zero-order valence-electron chi connectivity index (χ0n) is 13.9. The highest BCUT2D eigenvalue weighted by molar-refractivity contribution is 5.95. The molecule has 126 valence electrons. The number of carbonyl (C=O) groups excluding carboxylic acids is 2. The normalized spacial score (nSPS) is 17.9. The van der Waals surface area contributed by atoms with E-state index in [0.717, 1.165) is 12.8 Å². The number of nitrogen functional groups attached to an aromatic ring is 1. The summed E-state index contributed by atoms with van der Waals surface area (Å²) in [5.41, 5.74) is 5.95. The number of carbonyl (C=O) groups is 2. The maximum atomic E-state index is 12.2. The van der Waals surface area contributed by atoms with Gasteiger partial charge < -0.3 is 20.1 Å². The molecule has 6 heteroatoms. The lowest BCUT2D eigenvalue weighted by Crippen LogP contribution is -2.42. The van der Waals surface area contributed by atoms with Gasteiger partial charge in [0.15, 0.2) is 0 Å². The Labute approximate surface area is 136 Å². The summed E-state index contributed by atoms with van der Waals surface area (Å²) in [5, 5.41) is 0. The first-order valence-corrected chi connectivity index (χ1v) is 7.79. The van der Waals surface area contributed by atoms with Crippen molar-refractivity contribution in [1.82, 2.24) is 4.90 Å². The van der Waals surface area contributed by atoms with Crippen LogP contribution in [-0.4, -0.2) is 41.8 Å². The molecule has 0 aliphatic carbocycles. The van der Waals surface area contributed by atoms with Gasteiger partial charge in [-0.25, -0.2) is 9.59 Å². The van der Waals surface area contributed by atoms with Crippen molar-refractivity contribution in [3.63, 3.8) is 0 Å². The third kappa shape index (κ3) is 4.61. The molecule has 2 rings (SSSR count). The lowest BCUT2D eigenvalue weighted by atomic mass is 10.2. The summed E-state index contributed by atoms with van der Waals surface area (Å²) in [6.45, 7) is 6.24. The lowest BCUT2D eigenvalue weighted by molar-refractivity contribution is 0.0106. The Hall–Kier alpha value is -2.24. The highest BCUT2D eigenvalue weighted by Crippen LogP contribution is 2.22. The van der Waals surface area contributed by atoms with Crippen molar-refractivity contribution >= 4 is 17.7 Å². The molecule has 0 radical (unpaired) electrons. The van der Waals surface area contributed by atoms with Gasteiger partial charge in [0.1, 0.15) is 12.2 Å². The molecule has 1 fully saturated rings. The molecule has 0 aromatic heterocycles. The number of nitrogens with zero attached hydrogens (tertiary/aromatic N) is 1. The summed E-state index contributed by atoms with van der Waals surface area (Å²) < 4.78 is 10.7. The van der Waals surface area contributed by atoms with E-state index in [1.807, 2.05) is 20.8 Å². The van der Waals surface area contributed by atoms with Gasteiger partial charge in [-0.3, -0.25) is 0 Å². The van der Waals surface area contributed by atoms with Crippen LogP contribution in [0.5, 0.6) is 0 Å². The number of anilines is 1. The second-order valence-corrected chi connectivity index (χ2v) is 6.66. The molecule has 1 unspecified atom stereocenters. The van der Waals surface area contributed by atoms with Gasteiger partial charge in [0.05, 0.1) is 11.6 Å². The summed E-state index contributed by atoms with van der Waals surface area (Å²) in [4.78, 5) is 25.9. The molecule has 0 bridgehead atoms. The van der Waals surface area contributed by atoms with Crippen molar-refractivity contribution in [3.05, 3.63) is 29.8 Å². The number of rotatable bonds is 3. The van der Waals surface area contributed by atoms with Crippen LogP contribution in [0.3, 0.4) is 0 Å². The number of nitrogens with two attached hydrogens (primary N) is 1. The third-order valence-corrected chi connectivity index (χ3v) is 3.59. The van der Waals surface area contributed by atoms with Crippen LogP contribution in [0.1, 0.15) is 44.0 Å². The highest BCUT2D eigenvalue weighted by atomic mass is 16.6. The molecule has 0 spiro atoms. The Morgan fingerprint density at radius 3 is 2.65 bits per heavy atom. The van der Waals surface area contributed by atoms with Gasteiger partial charge in [0.25, 0.3) is 0 Å². The number of benzene rings is 1. The van der Waals surface area contributed by atoms with Crippen molar-refractivity contribution in [2.45, 2.75) is 45.3 Å². The number of ether oxygens (including phenoxy) is 2. The molecular formula is C17H24N2O4. The smallest absolute Gasteiger partial charge is 0.410 e. The number of likely N-dealkylation sites (tertiary alicyclic amines) is 1. The zero-order valence-corrected chi connectivity index (χ0v) is 13.9. The number of amides is 1. The molecule has 1 aromatic carbocycles. The molecule has 1 aliphatic rings. The van der Waals surface area contributed by atoms with Gasteiger partial charge >= 0.3 is 12.1 Å². The van der Waals surface area contributed by atoms with Crippen molar-refractivity contribution in [3.8, 4) is 0 Å². The van der Waals surface area contributed by atoms with Gasteiger partial charge in [0.2, 0.25) is 0 Å². The predicted molar refractivity (Wildman–Crippen MR) is 87.1 cm³/mol. The Morgan fingerprint density at radius 2 is 2.00 bits per heavy atom. The van der Waals surface area contributed by atoms with Gasteiger partial charge in [0, 0.05) is 12.2 Å². The molecule has 0 saturated carbocycles. The maximum Gasteiger partial charge on any atom is 0.410 e. The molecule has 1 aromatic rings. The molecule has 6 nitrogen and oxygen atoms in total. The van der Waals surface area contributed by atoms with E-state index in [0.29, 0.717) is 17.8 Å². The molecule has 1 saturated heterocycles. The predicted octanol–water partition coefficient (Wildman–Crippen LogP) is 2.83. The van der Waals surface area contributed by atoms with Crippen LogP contribution in [0, 0.1) is 0 Å². The fourth-order valence-electron chi connectivity index (χ4n) is 2.50. The van der Waals surface area contributed by atoms with Crippen molar-refractivity contribution < 1.29 is 19.1 Å². The number of hydrogen-bond acceptors (Lipinski definition) is 5. The standard InChI is InChI=1S/C17H24N2O4/c1-17(2,3)23-16(21)19-10-6-7-12(19)11-22-15(20)13-8-4-5-9-14(13)18/h4-5,8-9,12H,6-7,10-11,18H2,1-3H3. The molecule has 2 N–H and O–H groups in total. The van der Waals surface area contributed by atoms with Crippen LogP contribution in [0.25, 0.3) is 0 Å². The first-order valence-electron chi connectivity index (χ1n) is 7.79. The van der Waals surface area contributed by atoms with E-state index >= 15 is 0 Å². The quantitative estimate of drug-likeness (QED) is 0.684. The largest absolute Gasteiger partial charge is 0.460 e. The number of hydrogen-bond donors (Lipinski definition) is 1. The Bertz CT molecular complexity index is 580. The van der Waals surface area contributed by atoms with Crippen LogP contribution >= 0.6 is 0 Å². The molecule has 1 atom stereocenters. The van der Waals surface area contributed by atoms with Crippen LogP contribution in [-0.2, 0) is 9.47 Å². The van der Waals surface area contributed by atoms with Gasteiger partial charge in [-0.15, -0.1) is 0 Å². The van der Waals surface area contributed by atoms with E-state index in [2.05, 4.69) is 0 Å². The second kappa shape index (κ2) is 6.89. The topological polar surface area (TPSA) is 81.9 Å². The molecular weight excluding hydrogens is 296 g/mol. The Morgan fingerprint density at radius 1 is 1.30 bits per heavy atom. The summed E-state index contributed by atoms with van der Waals surface area (Å²) in [6, 6.07) is 6.61. The average Bonchev–Trinajstić information content (AvgIpc) is 2.92. The zero-order chi connectivity index (χ0) is 17.0. The SMILES string of the molecule is CC(C)(C)OC(=O)N1CCCC1COC(=O)c1ccccc1N. The monoisotopic (exact) mass is 320 g/mol.